The van der Waals surface area contributed by atoms with Gasteiger partial charge in [-0.2, -0.15) is 0 Å². The van der Waals surface area contributed by atoms with Crippen molar-refractivity contribution >= 4 is 29.9 Å². The fourth-order valence-corrected chi connectivity index (χ4v) is 3.08. The fraction of sp³-hybridized carbons (Fsp3) is 0.364. The van der Waals surface area contributed by atoms with Crippen molar-refractivity contribution in [1.82, 2.24) is 4.90 Å². The molecule has 0 unspecified atom stereocenters. The Bertz CT molecular complexity index is 488. The highest BCUT2D eigenvalue weighted by atomic mass is 32.2. The second-order valence-electron chi connectivity index (χ2n) is 3.93. The predicted molar refractivity (Wildman–Crippen MR) is 70.4 cm³/mol. The lowest BCUT2D eigenvalue weighted by atomic mass is 10.0. The molecule has 1 fully saturated rings. The summed E-state index contributed by atoms with van der Waals surface area (Å²) < 4.78 is 0. The van der Waals surface area contributed by atoms with E-state index in [-0.39, 0.29) is 23.6 Å². The number of hydrogen-bond donors (Lipinski definition) is 2. The Morgan fingerprint density at radius 1 is 1.74 bits per heavy atom. The van der Waals surface area contributed by atoms with E-state index >= 15 is 0 Å². The first-order chi connectivity index (χ1) is 9.07. The standard InChI is InChI=1S/C11H13N3O4S/c1-2-3-18-13-4-6-5-19-10-7(12)9(15)14(10)8(6)11(16)17/h2,4,7,10H,1,3,5,12H2,(H,16,17)/t7-,10+/m1/s1. The number of carbonyl (C=O) groups is 2. The minimum absolute atomic E-state index is 0.0681. The summed E-state index contributed by atoms with van der Waals surface area (Å²) >= 11 is 1.41. The molecule has 0 bridgehead atoms. The molecule has 2 aliphatic heterocycles. The van der Waals surface area contributed by atoms with E-state index in [9.17, 15) is 14.7 Å². The number of hydrogen-bond acceptors (Lipinski definition) is 6. The maximum Gasteiger partial charge on any atom is 0.353 e. The lowest BCUT2D eigenvalue weighted by Crippen LogP contribution is -2.68. The number of oxime groups is 1. The lowest BCUT2D eigenvalue weighted by molar-refractivity contribution is -0.147. The summed E-state index contributed by atoms with van der Waals surface area (Å²) in [4.78, 5) is 28.9. The van der Waals surface area contributed by atoms with Crippen LogP contribution in [-0.4, -0.2) is 51.9 Å². The highest BCUT2D eigenvalue weighted by Gasteiger charge is 2.51. The van der Waals surface area contributed by atoms with Crippen molar-refractivity contribution in [2.75, 3.05) is 12.4 Å². The Labute approximate surface area is 113 Å². The summed E-state index contributed by atoms with van der Waals surface area (Å²) in [6.07, 6.45) is 2.83. The zero-order valence-corrected chi connectivity index (χ0v) is 10.8. The van der Waals surface area contributed by atoms with Crippen molar-refractivity contribution in [2.24, 2.45) is 10.9 Å². The van der Waals surface area contributed by atoms with Crippen LogP contribution in [0, 0.1) is 0 Å². The summed E-state index contributed by atoms with van der Waals surface area (Å²) in [5.41, 5.74) is 5.99. The zero-order chi connectivity index (χ0) is 14.0. The first-order valence-corrected chi connectivity index (χ1v) is 6.55. The van der Waals surface area contributed by atoms with Gasteiger partial charge in [0.25, 0.3) is 0 Å². The number of amides is 1. The van der Waals surface area contributed by atoms with E-state index in [2.05, 4.69) is 11.7 Å². The predicted octanol–water partition coefficient (Wildman–Crippen LogP) is -0.244. The van der Waals surface area contributed by atoms with Crippen LogP contribution in [0.15, 0.2) is 29.1 Å². The molecular formula is C11H13N3O4S. The molecule has 0 aromatic heterocycles. The number of carboxylic acids is 1. The topological polar surface area (TPSA) is 105 Å². The van der Waals surface area contributed by atoms with Crippen LogP contribution in [0.1, 0.15) is 0 Å². The van der Waals surface area contributed by atoms with Crippen molar-refractivity contribution in [1.29, 1.82) is 0 Å². The molecule has 0 aliphatic carbocycles. The molecule has 0 spiro atoms. The average molecular weight is 283 g/mol. The lowest BCUT2D eigenvalue weighted by Gasteiger charge is -2.47. The van der Waals surface area contributed by atoms with E-state index in [0.717, 1.165) is 0 Å². The van der Waals surface area contributed by atoms with Crippen LogP contribution in [0.5, 0.6) is 0 Å². The van der Waals surface area contributed by atoms with E-state index in [1.54, 1.807) is 0 Å². The molecule has 0 saturated carbocycles. The number of carbonyl (C=O) groups excluding carboxylic acids is 1. The molecule has 0 aromatic rings. The molecule has 2 aliphatic rings. The Morgan fingerprint density at radius 2 is 2.47 bits per heavy atom. The number of β-lactam (4-membered cyclic amide) rings is 1. The van der Waals surface area contributed by atoms with Crippen molar-refractivity contribution < 1.29 is 19.5 Å². The number of thioether (sulfide) groups is 1. The van der Waals surface area contributed by atoms with Crippen LogP contribution in [0.3, 0.4) is 0 Å². The van der Waals surface area contributed by atoms with Crippen molar-refractivity contribution in [3.63, 3.8) is 0 Å². The third-order valence-electron chi connectivity index (χ3n) is 2.72. The molecule has 2 atom stereocenters. The van der Waals surface area contributed by atoms with Gasteiger partial charge in [0, 0.05) is 11.3 Å². The Balaban J connectivity index is 2.23. The SMILES string of the molecule is C=CCON=CC1=C(C(=O)O)N2C(=O)[C@@H](N)[C@@H]2SC1. The van der Waals surface area contributed by atoms with Gasteiger partial charge < -0.3 is 15.7 Å². The molecule has 2 heterocycles. The van der Waals surface area contributed by atoms with Gasteiger partial charge in [-0.25, -0.2) is 4.79 Å². The Morgan fingerprint density at radius 3 is 3.11 bits per heavy atom. The largest absolute Gasteiger partial charge is 0.477 e. The maximum absolute atomic E-state index is 11.6. The van der Waals surface area contributed by atoms with Gasteiger partial charge in [-0.1, -0.05) is 17.8 Å². The average Bonchev–Trinajstić information content (AvgIpc) is 2.41. The van der Waals surface area contributed by atoms with Gasteiger partial charge >= 0.3 is 5.97 Å². The van der Waals surface area contributed by atoms with E-state index in [0.29, 0.717) is 11.3 Å². The van der Waals surface area contributed by atoms with Crippen LogP contribution in [0.2, 0.25) is 0 Å². The molecule has 1 saturated heterocycles. The minimum atomic E-state index is -1.17. The molecule has 19 heavy (non-hydrogen) atoms. The molecule has 0 radical (unpaired) electrons. The second-order valence-corrected chi connectivity index (χ2v) is 5.04. The summed E-state index contributed by atoms with van der Waals surface area (Å²) in [5.74, 6) is -1.13. The summed E-state index contributed by atoms with van der Waals surface area (Å²) in [6, 6.07) is -0.630. The highest BCUT2D eigenvalue weighted by Crippen LogP contribution is 2.38. The molecule has 102 valence electrons. The van der Waals surface area contributed by atoms with E-state index in [4.69, 9.17) is 10.6 Å². The first kappa shape index (κ1) is 13.6. The third-order valence-corrected chi connectivity index (χ3v) is 4.04. The molecule has 0 aromatic carbocycles. The molecule has 8 heteroatoms. The number of rotatable bonds is 5. The van der Waals surface area contributed by atoms with Crippen molar-refractivity contribution in [3.05, 3.63) is 23.9 Å². The third kappa shape index (κ3) is 2.36. The number of aliphatic carboxylic acids is 1. The van der Waals surface area contributed by atoms with Crippen LogP contribution in [-0.2, 0) is 14.4 Å². The Hall–Kier alpha value is -1.80. The molecule has 1 amide bonds. The summed E-state index contributed by atoms with van der Waals surface area (Å²) in [6.45, 7) is 3.69. The van der Waals surface area contributed by atoms with Gasteiger partial charge in [0.2, 0.25) is 5.91 Å². The number of carboxylic acid groups (broad SMARTS) is 1. The highest BCUT2D eigenvalue weighted by molar-refractivity contribution is 8.00. The molecule has 2 rings (SSSR count). The molecule has 7 nitrogen and oxygen atoms in total. The molecular weight excluding hydrogens is 270 g/mol. The number of fused-ring (bicyclic) bond motifs is 1. The summed E-state index contributed by atoms with van der Waals surface area (Å²) in [5, 5.41) is 12.6. The van der Waals surface area contributed by atoms with Crippen LogP contribution >= 0.6 is 11.8 Å². The van der Waals surface area contributed by atoms with Gasteiger partial charge in [0.05, 0.1) is 6.21 Å². The maximum atomic E-state index is 11.6. The Kier molecular flexibility index (Phi) is 3.91. The van der Waals surface area contributed by atoms with Crippen molar-refractivity contribution in [2.45, 2.75) is 11.4 Å². The van der Waals surface area contributed by atoms with Crippen LogP contribution in [0.25, 0.3) is 0 Å². The first-order valence-electron chi connectivity index (χ1n) is 5.51. The zero-order valence-electron chi connectivity index (χ0n) is 9.98. The fourth-order valence-electron chi connectivity index (χ4n) is 1.84. The second kappa shape index (κ2) is 5.45. The smallest absolute Gasteiger partial charge is 0.353 e. The van der Waals surface area contributed by atoms with E-state index in [1.807, 2.05) is 0 Å². The van der Waals surface area contributed by atoms with Gasteiger partial charge in [-0.05, 0) is 0 Å². The van der Waals surface area contributed by atoms with Crippen LogP contribution < -0.4 is 5.73 Å². The van der Waals surface area contributed by atoms with Gasteiger partial charge in [-0.15, -0.1) is 11.8 Å². The van der Waals surface area contributed by atoms with Gasteiger partial charge in [0.15, 0.2) is 0 Å². The normalized spacial score (nSPS) is 26.2. The van der Waals surface area contributed by atoms with Gasteiger partial charge in [-0.3, -0.25) is 9.69 Å². The number of nitrogens with zero attached hydrogens (tertiary/aromatic N) is 2. The molecule has 3 N–H and O–H groups in total. The monoisotopic (exact) mass is 283 g/mol. The quantitative estimate of drug-likeness (QED) is 0.237. The van der Waals surface area contributed by atoms with Crippen LogP contribution in [0.4, 0.5) is 0 Å². The van der Waals surface area contributed by atoms with Gasteiger partial charge in [0.1, 0.15) is 23.7 Å². The van der Waals surface area contributed by atoms with E-state index in [1.165, 1.54) is 29.0 Å². The van der Waals surface area contributed by atoms with Crippen molar-refractivity contribution in [3.8, 4) is 0 Å². The summed E-state index contributed by atoms with van der Waals surface area (Å²) in [7, 11) is 0. The van der Waals surface area contributed by atoms with E-state index < -0.39 is 12.0 Å². The minimum Gasteiger partial charge on any atom is -0.477 e. The number of nitrogens with two attached hydrogens (primary N) is 1.